The summed E-state index contributed by atoms with van der Waals surface area (Å²) in [5.41, 5.74) is 1.24. The van der Waals surface area contributed by atoms with Crippen LogP contribution in [0, 0.1) is 5.82 Å². The minimum atomic E-state index is -3.72. The lowest BCUT2D eigenvalue weighted by molar-refractivity contribution is 0.0730. The Bertz CT molecular complexity index is 956. The van der Waals surface area contributed by atoms with Gasteiger partial charge in [0.15, 0.2) is 0 Å². The molecule has 3 rings (SSSR count). The molecular formula is C20H23FN2O4S. The van der Waals surface area contributed by atoms with E-state index in [1.54, 1.807) is 30.3 Å². The van der Waals surface area contributed by atoms with Gasteiger partial charge >= 0.3 is 0 Å². The molecule has 1 heterocycles. The fraction of sp³-hybridized carbons (Fsp3) is 0.350. The van der Waals surface area contributed by atoms with Gasteiger partial charge in [-0.05, 0) is 30.2 Å². The van der Waals surface area contributed by atoms with E-state index in [4.69, 9.17) is 4.74 Å². The molecule has 1 fully saturated rings. The fourth-order valence-electron chi connectivity index (χ4n) is 3.07. The Morgan fingerprint density at radius 1 is 1.14 bits per heavy atom. The van der Waals surface area contributed by atoms with Gasteiger partial charge in [0.25, 0.3) is 5.91 Å². The number of sulfonamides is 1. The fourth-order valence-corrected chi connectivity index (χ4v) is 4.80. The van der Waals surface area contributed by atoms with Crippen LogP contribution >= 0.6 is 0 Å². The molecular weight excluding hydrogens is 383 g/mol. The molecule has 0 aliphatic carbocycles. The molecule has 28 heavy (non-hydrogen) atoms. The molecule has 0 saturated carbocycles. The van der Waals surface area contributed by atoms with E-state index in [1.807, 2.05) is 6.92 Å². The predicted molar refractivity (Wildman–Crippen MR) is 103 cm³/mol. The lowest BCUT2D eigenvalue weighted by atomic mass is 10.1. The van der Waals surface area contributed by atoms with Crippen molar-refractivity contribution in [3.8, 4) is 0 Å². The SMILES string of the molecule is CCc1ccc(C(=O)NCc2ccccc2F)cc1S(=O)(=O)N1CCOCC1. The smallest absolute Gasteiger partial charge is 0.251 e. The number of morpholine rings is 1. The molecule has 1 amide bonds. The highest BCUT2D eigenvalue weighted by Gasteiger charge is 2.29. The van der Waals surface area contributed by atoms with E-state index in [0.29, 0.717) is 30.8 Å². The van der Waals surface area contributed by atoms with Gasteiger partial charge in [-0.3, -0.25) is 4.79 Å². The van der Waals surface area contributed by atoms with Gasteiger partial charge in [-0.2, -0.15) is 4.31 Å². The molecule has 0 spiro atoms. The normalized spacial score (nSPS) is 15.4. The first-order valence-electron chi connectivity index (χ1n) is 9.16. The van der Waals surface area contributed by atoms with Gasteiger partial charge in [-0.25, -0.2) is 12.8 Å². The highest BCUT2D eigenvalue weighted by atomic mass is 32.2. The van der Waals surface area contributed by atoms with Crippen molar-refractivity contribution in [1.82, 2.24) is 9.62 Å². The van der Waals surface area contributed by atoms with Crippen molar-refractivity contribution in [2.24, 2.45) is 0 Å². The van der Waals surface area contributed by atoms with Crippen molar-refractivity contribution in [1.29, 1.82) is 0 Å². The molecule has 1 N–H and O–H groups in total. The number of halogens is 1. The largest absolute Gasteiger partial charge is 0.379 e. The summed E-state index contributed by atoms with van der Waals surface area (Å²) in [5, 5.41) is 2.64. The molecule has 0 unspecified atom stereocenters. The summed E-state index contributed by atoms with van der Waals surface area (Å²) in [6.07, 6.45) is 0.524. The van der Waals surface area contributed by atoms with Crippen LogP contribution in [0.25, 0.3) is 0 Å². The van der Waals surface area contributed by atoms with Gasteiger partial charge in [0.05, 0.1) is 18.1 Å². The number of rotatable bonds is 6. The first-order chi connectivity index (χ1) is 13.4. The van der Waals surface area contributed by atoms with Crippen molar-refractivity contribution < 1.29 is 22.3 Å². The topological polar surface area (TPSA) is 75.7 Å². The Kier molecular flexibility index (Phi) is 6.43. The zero-order valence-corrected chi connectivity index (χ0v) is 16.5. The van der Waals surface area contributed by atoms with Gasteiger partial charge in [-0.15, -0.1) is 0 Å². The lowest BCUT2D eigenvalue weighted by Crippen LogP contribution is -2.41. The molecule has 0 radical (unpaired) electrons. The summed E-state index contributed by atoms with van der Waals surface area (Å²) in [7, 11) is -3.72. The third kappa shape index (κ3) is 4.40. The number of nitrogens with one attached hydrogen (secondary N) is 1. The van der Waals surface area contributed by atoms with Crippen LogP contribution in [0.15, 0.2) is 47.4 Å². The molecule has 1 saturated heterocycles. The quantitative estimate of drug-likeness (QED) is 0.799. The number of amides is 1. The second kappa shape index (κ2) is 8.81. The number of benzene rings is 2. The first kappa shape index (κ1) is 20.4. The van der Waals surface area contributed by atoms with E-state index in [-0.39, 0.29) is 30.1 Å². The minimum absolute atomic E-state index is 0.0204. The number of nitrogens with zero attached hydrogens (tertiary/aromatic N) is 1. The molecule has 8 heteroatoms. The van der Waals surface area contributed by atoms with Crippen LogP contribution in [0.3, 0.4) is 0 Å². The Labute approximate surface area is 164 Å². The number of ether oxygens (including phenoxy) is 1. The average molecular weight is 406 g/mol. The molecule has 0 atom stereocenters. The number of hydrogen-bond donors (Lipinski definition) is 1. The summed E-state index contributed by atoms with van der Waals surface area (Å²) < 4.78 is 46.4. The number of carbonyl (C=O) groups excluding carboxylic acids is 1. The number of aryl methyl sites for hydroxylation is 1. The summed E-state index contributed by atoms with van der Waals surface area (Å²) in [5.74, 6) is -0.857. The summed E-state index contributed by atoms with van der Waals surface area (Å²) in [6, 6.07) is 10.8. The maximum Gasteiger partial charge on any atom is 0.251 e. The molecule has 1 aliphatic heterocycles. The Morgan fingerprint density at radius 2 is 1.86 bits per heavy atom. The second-order valence-corrected chi connectivity index (χ2v) is 8.37. The summed E-state index contributed by atoms with van der Waals surface area (Å²) in [6.45, 7) is 3.16. The molecule has 2 aromatic carbocycles. The Balaban J connectivity index is 1.84. The monoisotopic (exact) mass is 406 g/mol. The minimum Gasteiger partial charge on any atom is -0.379 e. The van der Waals surface area contributed by atoms with Crippen molar-refractivity contribution in [3.63, 3.8) is 0 Å². The zero-order valence-electron chi connectivity index (χ0n) is 15.7. The van der Waals surface area contributed by atoms with Crippen molar-refractivity contribution in [3.05, 3.63) is 65.0 Å². The Morgan fingerprint density at radius 3 is 2.54 bits per heavy atom. The van der Waals surface area contributed by atoms with Crippen LogP contribution in [0.4, 0.5) is 4.39 Å². The van der Waals surface area contributed by atoms with Gasteiger partial charge < -0.3 is 10.1 Å². The van der Waals surface area contributed by atoms with E-state index in [1.165, 1.54) is 16.4 Å². The van der Waals surface area contributed by atoms with Crippen LogP contribution in [0.5, 0.6) is 0 Å². The zero-order chi connectivity index (χ0) is 20.1. The molecule has 2 aromatic rings. The van der Waals surface area contributed by atoms with E-state index in [9.17, 15) is 17.6 Å². The van der Waals surface area contributed by atoms with E-state index in [2.05, 4.69) is 5.32 Å². The average Bonchev–Trinajstić information content (AvgIpc) is 2.73. The van der Waals surface area contributed by atoms with Crippen molar-refractivity contribution in [2.75, 3.05) is 26.3 Å². The number of hydrogen-bond acceptors (Lipinski definition) is 4. The molecule has 0 bridgehead atoms. The standard InChI is InChI=1S/C20H23FN2O4S/c1-2-15-7-8-16(20(24)22-14-17-5-3-4-6-18(17)21)13-19(15)28(25,26)23-9-11-27-12-10-23/h3-8,13H,2,9-12,14H2,1H3,(H,22,24). The van der Waals surface area contributed by atoms with Crippen molar-refractivity contribution >= 4 is 15.9 Å². The van der Waals surface area contributed by atoms with E-state index in [0.717, 1.165) is 0 Å². The highest BCUT2D eigenvalue weighted by Crippen LogP contribution is 2.23. The third-order valence-corrected chi connectivity index (χ3v) is 6.68. The molecule has 0 aromatic heterocycles. The number of carbonyl (C=O) groups is 1. The summed E-state index contributed by atoms with van der Waals surface area (Å²) in [4.78, 5) is 12.7. The second-order valence-electron chi connectivity index (χ2n) is 6.47. The van der Waals surface area contributed by atoms with Crippen LogP contribution in [-0.2, 0) is 27.7 Å². The maximum absolute atomic E-state index is 13.7. The highest BCUT2D eigenvalue weighted by molar-refractivity contribution is 7.89. The lowest BCUT2D eigenvalue weighted by Gasteiger charge is -2.27. The Hall–Kier alpha value is -2.29. The summed E-state index contributed by atoms with van der Waals surface area (Å²) >= 11 is 0. The molecule has 150 valence electrons. The van der Waals surface area contributed by atoms with E-state index >= 15 is 0 Å². The van der Waals surface area contributed by atoms with Crippen LogP contribution < -0.4 is 5.32 Å². The van der Waals surface area contributed by atoms with E-state index < -0.39 is 21.7 Å². The predicted octanol–water partition coefficient (Wildman–Crippen LogP) is 2.34. The third-order valence-electron chi connectivity index (χ3n) is 4.70. The van der Waals surface area contributed by atoms with Crippen LogP contribution in [0.1, 0.15) is 28.4 Å². The maximum atomic E-state index is 13.7. The van der Waals surface area contributed by atoms with Gasteiger partial charge in [0.1, 0.15) is 5.82 Å². The van der Waals surface area contributed by atoms with Crippen molar-refractivity contribution in [2.45, 2.75) is 24.8 Å². The molecule has 1 aliphatic rings. The van der Waals surface area contributed by atoms with Gasteiger partial charge in [-0.1, -0.05) is 31.2 Å². The van der Waals surface area contributed by atoms with Gasteiger partial charge in [0, 0.05) is 30.8 Å². The first-order valence-corrected chi connectivity index (χ1v) is 10.6. The van der Waals surface area contributed by atoms with Crippen LogP contribution in [-0.4, -0.2) is 44.9 Å². The molecule has 6 nitrogen and oxygen atoms in total. The van der Waals surface area contributed by atoms with Crippen LogP contribution in [0.2, 0.25) is 0 Å². The van der Waals surface area contributed by atoms with Gasteiger partial charge in [0.2, 0.25) is 10.0 Å².